The molecule has 1 aromatic carbocycles. The van der Waals surface area contributed by atoms with Crippen molar-refractivity contribution in [1.29, 1.82) is 0 Å². The topological polar surface area (TPSA) is 58.2 Å². The molecule has 24 heavy (non-hydrogen) atoms. The minimum Gasteiger partial charge on any atom is -0.355 e. The van der Waals surface area contributed by atoms with Crippen LogP contribution in [0.3, 0.4) is 0 Å². The third-order valence-corrected chi connectivity index (χ3v) is 5.01. The molecule has 2 aliphatic carbocycles. The summed E-state index contributed by atoms with van der Waals surface area (Å²) in [6, 6.07) is 7.66. The van der Waals surface area contributed by atoms with Gasteiger partial charge in [0.2, 0.25) is 11.8 Å². The zero-order valence-corrected chi connectivity index (χ0v) is 14.4. The fraction of sp³-hybridized carbons (Fsp3) is 0.500. The predicted octanol–water partition coefficient (Wildman–Crippen LogP) is 3.72. The van der Waals surface area contributed by atoms with Gasteiger partial charge in [0.05, 0.1) is 0 Å². The van der Waals surface area contributed by atoms with E-state index in [9.17, 15) is 9.59 Å². The van der Waals surface area contributed by atoms with Gasteiger partial charge in [0.25, 0.3) is 0 Å². The molecular weight excluding hydrogens is 300 g/mol. The molecule has 0 aliphatic heterocycles. The van der Waals surface area contributed by atoms with Gasteiger partial charge in [0, 0.05) is 12.2 Å². The van der Waals surface area contributed by atoms with Crippen molar-refractivity contribution >= 4 is 17.5 Å². The average Bonchev–Trinajstić information content (AvgIpc) is 3.38. The van der Waals surface area contributed by atoms with Crippen LogP contribution >= 0.6 is 0 Å². The van der Waals surface area contributed by atoms with Crippen LogP contribution in [0.1, 0.15) is 50.5 Å². The van der Waals surface area contributed by atoms with E-state index < -0.39 is 5.41 Å². The Bertz CT molecular complexity index is 659. The zero-order valence-electron chi connectivity index (χ0n) is 14.4. The van der Waals surface area contributed by atoms with Crippen LogP contribution in [0.2, 0.25) is 0 Å². The Hall–Kier alpha value is -2.10. The van der Waals surface area contributed by atoms with Gasteiger partial charge in [-0.1, -0.05) is 23.8 Å². The quantitative estimate of drug-likeness (QED) is 0.618. The Balaban J connectivity index is 1.51. The summed E-state index contributed by atoms with van der Waals surface area (Å²) in [5, 5.41) is 5.87. The lowest BCUT2D eigenvalue weighted by Gasteiger charge is -2.17. The summed E-state index contributed by atoms with van der Waals surface area (Å²) in [5.74, 6) is -0.299. The SMILES string of the molecule is Cc1cccc(NC(=O)C2(C(=O)NCCC3=CCCCC3)CC2)c1. The van der Waals surface area contributed by atoms with Crippen molar-refractivity contribution in [3.05, 3.63) is 41.5 Å². The lowest BCUT2D eigenvalue weighted by molar-refractivity contribution is -0.134. The first-order chi connectivity index (χ1) is 11.6. The molecule has 0 saturated heterocycles. The Morgan fingerprint density at radius 3 is 2.67 bits per heavy atom. The van der Waals surface area contributed by atoms with Crippen molar-refractivity contribution in [2.45, 2.75) is 51.9 Å². The second kappa shape index (κ2) is 7.20. The number of allylic oxidation sites excluding steroid dienone is 1. The minimum atomic E-state index is -0.856. The van der Waals surface area contributed by atoms with E-state index in [1.807, 2.05) is 31.2 Å². The van der Waals surface area contributed by atoms with Crippen molar-refractivity contribution in [2.24, 2.45) is 5.41 Å². The molecule has 0 spiro atoms. The van der Waals surface area contributed by atoms with Crippen LogP contribution in [0.5, 0.6) is 0 Å². The predicted molar refractivity (Wildman–Crippen MR) is 95.7 cm³/mol. The average molecular weight is 326 g/mol. The Morgan fingerprint density at radius 1 is 1.17 bits per heavy atom. The summed E-state index contributed by atoms with van der Waals surface area (Å²) in [4.78, 5) is 25.0. The van der Waals surface area contributed by atoms with E-state index in [0.717, 1.165) is 30.5 Å². The maximum atomic E-state index is 12.5. The van der Waals surface area contributed by atoms with E-state index in [1.165, 1.54) is 18.4 Å². The normalized spacial score (nSPS) is 18.5. The molecular formula is C20H26N2O2. The second-order valence-electron chi connectivity index (χ2n) is 7.02. The van der Waals surface area contributed by atoms with Crippen molar-refractivity contribution < 1.29 is 9.59 Å². The fourth-order valence-electron chi connectivity index (χ4n) is 3.29. The molecule has 0 radical (unpaired) electrons. The highest BCUT2D eigenvalue weighted by Crippen LogP contribution is 2.46. The highest BCUT2D eigenvalue weighted by Gasteiger charge is 2.56. The van der Waals surface area contributed by atoms with Crippen LogP contribution in [0, 0.1) is 12.3 Å². The van der Waals surface area contributed by atoms with Gasteiger partial charge in [-0.05, 0) is 69.6 Å². The van der Waals surface area contributed by atoms with Gasteiger partial charge in [-0.2, -0.15) is 0 Å². The highest BCUT2D eigenvalue weighted by atomic mass is 16.2. The van der Waals surface area contributed by atoms with Gasteiger partial charge >= 0.3 is 0 Å². The van der Waals surface area contributed by atoms with Gasteiger partial charge < -0.3 is 10.6 Å². The van der Waals surface area contributed by atoms with Gasteiger partial charge in [0.15, 0.2) is 0 Å². The van der Waals surface area contributed by atoms with Gasteiger partial charge in [0.1, 0.15) is 5.41 Å². The van der Waals surface area contributed by atoms with Gasteiger partial charge in [-0.25, -0.2) is 0 Å². The molecule has 3 rings (SSSR count). The lowest BCUT2D eigenvalue weighted by atomic mass is 9.97. The first-order valence-electron chi connectivity index (χ1n) is 8.94. The molecule has 4 nitrogen and oxygen atoms in total. The molecule has 2 N–H and O–H groups in total. The molecule has 1 fully saturated rings. The molecule has 0 atom stereocenters. The summed E-state index contributed by atoms with van der Waals surface area (Å²) in [7, 11) is 0. The summed E-state index contributed by atoms with van der Waals surface area (Å²) in [6.45, 7) is 2.61. The summed E-state index contributed by atoms with van der Waals surface area (Å²) in [6.07, 6.45) is 9.31. The minimum absolute atomic E-state index is 0.121. The molecule has 1 saturated carbocycles. The highest BCUT2D eigenvalue weighted by molar-refractivity contribution is 6.13. The molecule has 4 heteroatoms. The fourth-order valence-corrected chi connectivity index (χ4v) is 3.29. The van der Waals surface area contributed by atoms with E-state index in [1.54, 1.807) is 0 Å². The maximum absolute atomic E-state index is 12.5. The zero-order chi connectivity index (χ0) is 17.0. The molecule has 128 valence electrons. The number of amides is 2. The molecule has 0 bridgehead atoms. The second-order valence-corrected chi connectivity index (χ2v) is 7.02. The van der Waals surface area contributed by atoms with Crippen molar-refractivity contribution in [1.82, 2.24) is 5.32 Å². The number of rotatable bonds is 6. The van der Waals surface area contributed by atoms with E-state index >= 15 is 0 Å². The van der Waals surface area contributed by atoms with Crippen LogP contribution in [-0.4, -0.2) is 18.4 Å². The monoisotopic (exact) mass is 326 g/mol. The third kappa shape index (κ3) is 3.86. The Morgan fingerprint density at radius 2 is 2.00 bits per heavy atom. The molecule has 2 aliphatic rings. The van der Waals surface area contributed by atoms with Crippen molar-refractivity contribution in [2.75, 3.05) is 11.9 Å². The van der Waals surface area contributed by atoms with Crippen LogP contribution in [0.15, 0.2) is 35.9 Å². The number of carbonyl (C=O) groups is 2. The Labute approximate surface area is 143 Å². The number of benzene rings is 1. The van der Waals surface area contributed by atoms with Gasteiger partial charge in [-0.15, -0.1) is 0 Å². The van der Waals surface area contributed by atoms with Gasteiger partial charge in [-0.3, -0.25) is 9.59 Å². The number of aryl methyl sites for hydroxylation is 1. The van der Waals surface area contributed by atoms with E-state index in [-0.39, 0.29) is 11.8 Å². The molecule has 0 unspecified atom stereocenters. The van der Waals surface area contributed by atoms with E-state index in [4.69, 9.17) is 0 Å². The number of carbonyl (C=O) groups excluding carboxylic acids is 2. The molecule has 1 aromatic rings. The van der Waals surface area contributed by atoms with Crippen LogP contribution in [-0.2, 0) is 9.59 Å². The maximum Gasteiger partial charge on any atom is 0.240 e. The summed E-state index contributed by atoms with van der Waals surface area (Å²) >= 11 is 0. The molecule has 0 heterocycles. The number of hydrogen-bond acceptors (Lipinski definition) is 2. The van der Waals surface area contributed by atoms with Crippen molar-refractivity contribution in [3.63, 3.8) is 0 Å². The van der Waals surface area contributed by atoms with E-state index in [0.29, 0.717) is 19.4 Å². The molecule has 0 aromatic heterocycles. The lowest BCUT2D eigenvalue weighted by Crippen LogP contribution is -2.40. The van der Waals surface area contributed by atoms with Crippen LogP contribution in [0.4, 0.5) is 5.69 Å². The van der Waals surface area contributed by atoms with Crippen molar-refractivity contribution in [3.8, 4) is 0 Å². The third-order valence-electron chi connectivity index (χ3n) is 5.01. The van der Waals surface area contributed by atoms with Crippen LogP contribution in [0.25, 0.3) is 0 Å². The van der Waals surface area contributed by atoms with Crippen LogP contribution < -0.4 is 10.6 Å². The number of hydrogen-bond donors (Lipinski definition) is 2. The summed E-state index contributed by atoms with van der Waals surface area (Å²) < 4.78 is 0. The largest absolute Gasteiger partial charge is 0.355 e. The first kappa shape index (κ1) is 16.7. The summed E-state index contributed by atoms with van der Waals surface area (Å²) in [5.41, 5.74) is 2.43. The number of anilines is 1. The Kier molecular flexibility index (Phi) is 5.03. The number of nitrogens with one attached hydrogen (secondary N) is 2. The smallest absolute Gasteiger partial charge is 0.240 e. The first-order valence-corrected chi connectivity index (χ1v) is 8.94. The van der Waals surface area contributed by atoms with E-state index in [2.05, 4.69) is 16.7 Å². The standard InChI is InChI=1S/C20H26N2O2/c1-15-6-5-9-17(14-15)22-19(24)20(11-12-20)18(23)21-13-10-16-7-3-2-4-8-16/h5-7,9,14H,2-4,8,10-13H2,1H3,(H,21,23)(H,22,24). The molecule has 2 amide bonds.